The second-order valence-corrected chi connectivity index (χ2v) is 6.79. The summed E-state index contributed by atoms with van der Waals surface area (Å²) >= 11 is 1.55. The van der Waals surface area contributed by atoms with Crippen molar-refractivity contribution in [3.8, 4) is 11.4 Å². The van der Waals surface area contributed by atoms with Gasteiger partial charge in [0, 0.05) is 28.4 Å². The van der Waals surface area contributed by atoms with Gasteiger partial charge in [-0.25, -0.2) is 0 Å². The van der Waals surface area contributed by atoms with Crippen LogP contribution >= 0.6 is 11.8 Å². The molecule has 6 heteroatoms. The standard InChI is InChI=1S/C20H16N4OS/c1-21-20(25)15-6-2-3-8-18(15)26-13-9-10-14-17(12-13)23-24-19(14)16-7-4-5-11-22-16/h2-12H,1H3,(H,21,25)(H,23,24). The first kappa shape index (κ1) is 16.4. The molecule has 0 aliphatic heterocycles. The quantitative estimate of drug-likeness (QED) is 0.574. The number of nitrogens with one attached hydrogen (secondary N) is 2. The van der Waals surface area contributed by atoms with E-state index in [4.69, 9.17) is 0 Å². The fraction of sp³-hybridized carbons (Fsp3) is 0.0500. The molecule has 4 rings (SSSR count). The second-order valence-electron chi connectivity index (χ2n) is 5.67. The molecule has 4 aromatic rings. The van der Waals surface area contributed by atoms with Crippen molar-refractivity contribution in [1.82, 2.24) is 20.5 Å². The molecule has 0 unspecified atom stereocenters. The van der Waals surface area contributed by atoms with Crippen LogP contribution in [0.5, 0.6) is 0 Å². The Morgan fingerprint density at radius 3 is 2.73 bits per heavy atom. The Kier molecular flexibility index (Phi) is 4.41. The van der Waals surface area contributed by atoms with Gasteiger partial charge in [0.2, 0.25) is 0 Å². The average Bonchev–Trinajstić information content (AvgIpc) is 3.12. The molecule has 0 saturated carbocycles. The molecule has 2 aromatic heterocycles. The minimum atomic E-state index is -0.0897. The fourth-order valence-electron chi connectivity index (χ4n) is 2.77. The van der Waals surface area contributed by atoms with Crippen molar-refractivity contribution >= 4 is 28.6 Å². The van der Waals surface area contributed by atoms with Crippen molar-refractivity contribution in [2.45, 2.75) is 9.79 Å². The zero-order chi connectivity index (χ0) is 17.9. The van der Waals surface area contributed by atoms with E-state index >= 15 is 0 Å². The number of fused-ring (bicyclic) bond motifs is 1. The van der Waals surface area contributed by atoms with E-state index in [1.807, 2.05) is 60.7 Å². The molecule has 0 spiro atoms. The van der Waals surface area contributed by atoms with E-state index in [9.17, 15) is 4.79 Å². The second kappa shape index (κ2) is 7.01. The Balaban J connectivity index is 1.69. The summed E-state index contributed by atoms with van der Waals surface area (Å²) in [7, 11) is 1.64. The molecular formula is C20H16N4OS. The third kappa shape index (κ3) is 3.07. The number of amides is 1. The number of hydrogen-bond acceptors (Lipinski definition) is 4. The van der Waals surface area contributed by atoms with Gasteiger partial charge in [0.05, 0.1) is 16.8 Å². The Hall–Kier alpha value is -3.12. The number of aromatic nitrogens is 3. The van der Waals surface area contributed by atoms with Gasteiger partial charge >= 0.3 is 0 Å². The van der Waals surface area contributed by atoms with Crippen LogP contribution in [0.25, 0.3) is 22.3 Å². The summed E-state index contributed by atoms with van der Waals surface area (Å²) in [5.41, 5.74) is 3.28. The van der Waals surface area contributed by atoms with Crippen molar-refractivity contribution < 1.29 is 4.79 Å². The first-order valence-corrected chi connectivity index (χ1v) is 8.96. The van der Waals surface area contributed by atoms with Crippen LogP contribution in [-0.2, 0) is 0 Å². The lowest BCUT2D eigenvalue weighted by molar-refractivity contribution is 0.0960. The largest absolute Gasteiger partial charge is 0.355 e. The Morgan fingerprint density at radius 1 is 1.08 bits per heavy atom. The number of aromatic amines is 1. The minimum Gasteiger partial charge on any atom is -0.355 e. The molecular weight excluding hydrogens is 344 g/mol. The van der Waals surface area contributed by atoms with Crippen LogP contribution < -0.4 is 5.32 Å². The summed E-state index contributed by atoms with van der Waals surface area (Å²) in [6.07, 6.45) is 1.76. The molecule has 2 aromatic carbocycles. The Bertz CT molecular complexity index is 1080. The van der Waals surface area contributed by atoms with Gasteiger partial charge in [-0.2, -0.15) is 5.10 Å². The van der Waals surface area contributed by atoms with Crippen LogP contribution in [0.4, 0.5) is 0 Å². The molecule has 128 valence electrons. The van der Waals surface area contributed by atoms with Gasteiger partial charge in [0.1, 0.15) is 5.69 Å². The maximum absolute atomic E-state index is 12.0. The molecule has 2 N–H and O–H groups in total. The lowest BCUT2D eigenvalue weighted by Gasteiger charge is -2.08. The first-order valence-electron chi connectivity index (χ1n) is 8.15. The van der Waals surface area contributed by atoms with Crippen molar-refractivity contribution in [3.05, 3.63) is 72.4 Å². The highest BCUT2D eigenvalue weighted by Crippen LogP contribution is 2.33. The molecule has 0 saturated heterocycles. The zero-order valence-electron chi connectivity index (χ0n) is 14.1. The normalized spacial score (nSPS) is 10.8. The lowest BCUT2D eigenvalue weighted by atomic mass is 10.1. The van der Waals surface area contributed by atoms with E-state index in [0.717, 1.165) is 32.1 Å². The summed E-state index contributed by atoms with van der Waals surface area (Å²) in [6.45, 7) is 0. The van der Waals surface area contributed by atoms with Crippen molar-refractivity contribution in [2.24, 2.45) is 0 Å². The molecule has 5 nitrogen and oxygen atoms in total. The van der Waals surface area contributed by atoms with E-state index in [1.165, 1.54) is 0 Å². The predicted molar refractivity (Wildman–Crippen MR) is 103 cm³/mol. The van der Waals surface area contributed by atoms with Gasteiger partial charge in [0.15, 0.2) is 0 Å². The number of nitrogens with zero attached hydrogens (tertiary/aromatic N) is 2. The van der Waals surface area contributed by atoms with E-state index in [2.05, 4.69) is 20.5 Å². The Labute approximate surface area is 154 Å². The van der Waals surface area contributed by atoms with E-state index < -0.39 is 0 Å². The van der Waals surface area contributed by atoms with Crippen LogP contribution in [0.15, 0.2) is 76.7 Å². The maximum atomic E-state index is 12.0. The van der Waals surface area contributed by atoms with Crippen LogP contribution in [0.1, 0.15) is 10.4 Å². The minimum absolute atomic E-state index is 0.0897. The van der Waals surface area contributed by atoms with Crippen LogP contribution in [0, 0.1) is 0 Å². The highest BCUT2D eigenvalue weighted by atomic mass is 32.2. The monoisotopic (exact) mass is 360 g/mol. The first-order chi connectivity index (χ1) is 12.8. The van der Waals surface area contributed by atoms with Crippen LogP contribution in [-0.4, -0.2) is 28.1 Å². The molecule has 26 heavy (non-hydrogen) atoms. The predicted octanol–water partition coefficient (Wildman–Crippen LogP) is 4.14. The maximum Gasteiger partial charge on any atom is 0.252 e. The molecule has 0 aliphatic carbocycles. The number of hydrogen-bond donors (Lipinski definition) is 2. The van der Waals surface area contributed by atoms with Gasteiger partial charge in [0.25, 0.3) is 5.91 Å². The molecule has 1 amide bonds. The smallest absolute Gasteiger partial charge is 0.252 e. The molecule has 2 heterocycles. The number of rotatable bonds is 4. The number of carbonyl (C=O) groups is 1. The molecule has 0 aliphatic rings. The summed E-state index contributed by atoms with van der Waals surface area (Å²) in [6, 6.07) is 19.5. The van der Waals surface area contributed by atoms with Crippen molar-refractivity contribution in [2.75, 3.05) is 7.05 Å². The summed E-state index contributed by atoms with van der Waals surface area (Å²) in [5.74, 6) is -0.0897. The van der Waals surface area contributed by atoms with Gasteiger partial charge in [-0.15, -0.1) is 0 Å². The zero-order valence-corrected chi connectivity index (χ0v) is 14.9. The third-order valence-corrected chi connectivity index (χ3v) is 5.09. The molecule has 0 atom stereocenters. The Morgan fingerprint density at radius 2 is 1.92 bits per heavy atom. The van der Waals surface area contributed by atoms with Gasteiger partial charge < -0.3 is 5.32 Å². The van der Waals surface area contributed by atoms with Crippen molar-refractivity contribution in [3.63, 3.8) is 0 Å². The summed E-state index contributed by atoms with van der Waals surface area (Å²) < 4.78 is 0. The van der Waals surface area contributed by atoms with E-state index in [-0.39, 0.29) is 5.91 Å². The number of pyridine rings is 1. The molecule has 0 bridgehead atoms. The third-order valence-electron chi connectivity index (χ3n) is 4.03. The van der Waals surface area contributed by atoms with E-state index in [1.54, 1.807) is 25.0 Å². The highest BCUT2D eigenvalue weighted by Gasteiger charge is 2.13. The topological polar surface area (TPSA) is 70.7 Å². The SMILES string of the molecule is CNC(=O)c1ccccc1Sc1ccc2c(-c3ccccn3)n[nH]c2c1. The van der Waals surface area contributed by atoms with Crippen LogP contribution in [0.2, 0.25) is 0 Å². The van der Waals surface area contributed by atoms with Gasteiger partial charge in [-0.1, -0.05) is 30.0 Å². The fourth-order valence-corrected chi connectivity index (χ4v) is 3.75. The van der Waals surface area contributed by atoms with E-state index in [0.29, 0.717) is 5.56 Å². The van der Waals surface area contributed by atoms with Crippen LogP contribution in [0.3, 0.4) is 0 Å². The number of benzene rings is 2. The number of carbonyl (C=O) groups excluding carboxylic acids is 1. The average molecular weight is 360 g/mol. The molecule has 0 radical (unpaired) electrons. The summed E-state index contributed by atoms with van der Waals surface area (Å²) in [4.78, 5) is 18.4. The number of H-pyrrole nitrogens is 1. The molecule has 0 fully saturated rings. The van der Waals surface area contributed by atoms with Gasteiger partial charge in [-0.05, 0) is 42.5 Å². The summed E-state index contributed by atoms with van der Waals surface area (Å²) in [5, 5.41) is 11.2. The van der Waals surface area contributed by atoms with Gasteiger partial charge in [-0.3, -0.25) is 14.9 Å². The lowest BCUT2D eigenvalue weighted by Crippen LogP contribution is -2.18. The van der Waals surface area contributed by atoms with Crippen molar-refractivity contribution in [1.29, 1.82) is 0 Å². The highest BCUT2D eigenvalue weighted by molar-refractivity contribution is 7.99.